The number of carbonyl (C=O) groups is 1. The van der Waals surface area contributed by atoms with Crippen molar-refractivity contribution < 1.29 is 14.3 Å². The van der Waals surface area contributed by atoms with Crippen LogP contribution < -0.4 is 20.7 Å². The molecule has 1 rings (SSSR count). The Morgan fingerprint density at radius 1 is 1.20 bits per heavy atom. The lowest BCUT2D eigenvalue weighted by Gasteiger charge is -2.12. The number of hydrogen-bond acceptors (Lipinski definition) is 4. The van der Waals surface area contributed by atoms with Gasteiger partial charge < -0.3 is 25.4 Å². The van der Waals surface area contributed by atoms with Crippen LogP contribution in [0.1, 0.15) is 5.56 Å². The summed E-state index contributed by atoms with van der Waals surface area (Å²) in [5, 5.41) is 9.48. The van der Waals surface area contributed by atoms with Gasteiger partial charge in [-0.25, -0.2) is 0 Å². The molecule has 0 saturated heterocycles. The number of hydrogen-bond donors (Lipinski definition) is 3. The highest BCUT2D eigenvalue weighted by Gasteiger charge is 2.05. The summed E-state index contributed by atoms with van der Waals surface area (Å²) >= 11 is 6.20. The molecule has 0 atom stereocenters. The second-order valence-electron chi connectivity index (χ2n) is 4.90. The molecule has 0 radical (unpaired) electrons. The van der Waals surface area contributed by atoms with Crippen molar-refractivity contribution >= 4 is 47.4 Å². The van der Waals surface area contributed by atoms with Crippen LogP contribution >= 0.6 is 35.6 Å². The molecule has 0 saturated carbocycles. The highest BCUT2D eigenvalue weighted by atomic mass is 127. The van der Waals surface area contributed by atoms with Crippen molar-refractivity contribution in [3.8, 4) is 5.75 Å². The van der Waals surface area contributed by atoms with Crippen LogP contribution in [-0.2, 0) is 16.0 Å². The third-order valence-electron chi connectivity index (χ3n) is 3.22. The number of amides is 1. The van der Waals surface area contributed by atoms with Gasteiger partial charge in [0.1, 0.15) is 5.75 Å². The van der Waals surface area contributed by atoms with E-state index in [2.05, 4.69) is 20.9 Å². The number of halogens is 2. The highest BCUT2D eigenvalue weighted by molar-refractivity contribution is 14.0. The number of benzene rings is 1. The molecule has 1 aromatic carbocycles. The Morgan fingerprint density at radius 3 is 2.56 bits per heavy atom. The molecule has 0 aliphatic rings. The minimum absolute atomic E-state index is 0. The molecule has 0 bridgehead atoms. The smallest absolute Gasteiger partial charge is 0.239 e. The number of aliphatic imine (C=N–C) groups is 1. The Bertz CT molecular complexity index is 558. The fourth-order valence-electron chi connectivity index (χ4n) is 1.91. The first-order chi connectivity index (χ1) is 11.6. The largest absolute Gasteiger partial charge is 0.497 e. The molecule has 3 N–H and O–H groups in total. The molecule has 0 heterocycles. The summed E-state index contributed by atoms with van der Waals surface area (Å²) in [5.74, 6) is 1.17. The Balaban J connectivity index is 0.00000576. The maximum Gasteiger partial charge on any atom is 0.239 e. The quantitative estimate of drug-likeness (QED) is 0.214. The van der Waals surface area contributed by atoms with Gasteiger partial charge in [0, 0.05) is 32.3 Å². The molecular weight excluding hydrogens is 459 g/mol. The first-order valence-electron chi connectivity index (χ1n) is 7.63. The molecule has 9 heteroatoms. The van der Waals surface area contributed by atoms with Gasteiger partial charge in [0.05, 0.1) is 20.3 Å². The van der Waals surface area contributed by atoms with Crippen LogP contribution in [-0.4, -0.2) is 59.4 Å². The average molecular weight is 485 g/mol. The predicted molar refractivity (Wildman–Crippen MR) is 111 cm³/mol. The van der Waals surface area contributed by atoms with Crippen molar-refractivity contribution in [1.82, 2.24) is 16.0 Å². The van der Waals surface area contributed by atoms with Crippen molar-refractivity contribution in [1.29, 1.82) is 0 Å². The van der Waals surface area contributed by atoms with E-state index in [1.165, 1.54) is 0 Å². The van der Waals surface area contributed by atoms with E-state index in [1.54, 1.807) is 27.3 Å². The van der Waals surface area contributed by atoms with Crippen molar-refractivity contribution in [3.05, 3.63) is 28.8 Å². The van der Waals surface area contributed by atoms with Crippen LogP contribution in [0.5, 0.6) is 5.75 Å². The van der Waals surface area contributed by atoms with Crippen molar-refractivity contribution in [2.75, 3.05) is 47.5 Å². The van der Waals surface area contributed by atoms with E-state index in [-0.39, 0.29) is 36.4 Å². The van der Waals surface area contributed by atoms with Crippen LogP contribution in [0.2, 0.25) is 5.02 Å². The van der Waals surface area contributed by atoms with E-state index in [0.717, 1.165) is 17.7 Å². The Kier molecular flexibility index (Phi) is 13.3. The topological polar surface area (TPSA) is 84.0 Å². The molecule has 142 valence electrons. The van der Waals surface area contributed by atoms with E-state index in [1.807, 2.05) is 12.1 Å². The number of rotatable bonds is 9. The third-order valence-corrected chi connectivity index (χ3v) is 3.57. The van der Waals surface area contributed by atoms with Crippen LogP contribution in [0, 0.1) is 0 Å². The predicted octanol–water partition coefficient (Wildman–Crippen LogP) is 1.44. The van der Waals surface area contributed by atoms with Gasteiger partial charge in [0.2, 0.25) is 5.91 Å². The Labute approximate surface area is 170 Å². The minimum Gasteiger partial charge on any atom is -0.497 e. The lowest BCUT2D eigenvalue weighted by atomic mass is 10.1. The van der Waals surface area contributed by atoms with Gasteiger partial charge in [-0.2, -0.15) is 0 Å². The summed E-state index contributed by atoms with van der Waals surface area (Å²) in [4.78, 5) is 15.7. The zero-order valence-corrected chi connectivity index (χ0v) is 17.8. The zero-order valence-electron chi connectivity index (χ0n) is 14.7. The molecule has 0 spiro atoms. The van der Waals surface area contributed by atoms with Gasteiger partial charge in [0.25, 0.3) is 0 Å². The normalized spacial score (nSPS) is 10.6. The number of guanidine groups is 1. The van der Waals surface area contributed by atoms with E-state index in [4.69, 9.17) is 21.1 Å². The SMILES string of the molecule is CN=C(NCCc1ccc(OC)cc1Cl)NCC(=O)NCCOC.I. The fourth-order valence-corrected chi connectivity index (χ4v) is 2.18. The summed E-state index contributed by atoms with van der Waals surface area (Å²) < 4.78 is 9.99. The maximum absolute atomic E-state index is 11.6. The molecule has 25 heavy (non-hydrogen) atoms. The van der Waals surface area contributed by atoms with Crippen molar-refractivity contribution in [2.45, 2.75) is 6.42 Å². The monoisotopic (exact) mass is 484 g/mol. The van der Waals surface area contributed by atoms with Gasteiger partial charge >= 0.3 is 0 Å². The molecule has 0 unspecified atom stereocenters. The lowest BCUT2D eigenvalue weighted by Crippen LogP contribution is -2.44. The first-order valence-corrected chi connectivity index (χ1v) is 8.01. The molecule has 7 nitrogen and oxygen atoms in total. The third kappa shape index (κ3) is 9.71. The molecule has 0 aliphatic heterocycles. The summed E-state index contributed by atoms with van der Waals surface area (Å²) in [6.07, 6.45) is 0.726. The average Bonchev–Trinajstić information content (AvgIpc) is 2.59. The molecule has 1 aromatic rings. The van der Waals surface area contributed by atoms with Gasteiger partial charge in [-0.05, 0) is 24.1 Å². The number of nitrogens with zero attached hydrogens (tertiary/aromatic N) is 1. The van der Waals surface area contributed by atoms with E-state index < -0.39 is 0 Å². The molecular formula is C16H26ClIN4O3. The second-order valence-corrected chi connectivity index (χ2v) is 5.31. The van der Waals surface area contributed by atoms with Gasteiger partial charge in [-0.15, -0.1) is 24.0 Å². The molecule has 0 aromatic heterocycles. The van der Waals surface area contributed by atoms with Crippen LogP contribution in [0.25, 0.3) is 0 Å². The zero-order chi connectivity index (χ0) is 17.8. The summed E-state index contributed by atoms with van der Waals surface area (Å²) in [7, 11) is 4.84. The van der Waals surface area contributed by atoms with Crippen LogP contribution in [0.3, 0.4) is 0 Å². The number of methoxy groups -OCH3 is 2. The van der Waals surface area contributed by atoms with E-state index >= 15 is 0 Å². The van der Waals surface area contributed by atoms with Gasteiger partial charge in [0.15, 0.2) is 5.96 Å². The van der Waals surface area contributed by atoms with Crippen molar-refractivity contribution in [3.63, 3.8) is 0 Å². The summed E-state index contributed by atoms with van der Waals surface area (Å²) in [6.45, 7) is 1.75. The molecule has 0 aliphatic carbocycles. The Morgan fingerprint density at radius 2 is 1.96 bits per heavy atom. The van der Waals surface area contributed by atoms with Gasteiger partial charge in [-0.3, -0.25) is 9.79 Å². The second kappa shape index (κ2) is 14.0. The Hall–Kier alpha value is -1.26. The van der Waals surface area contributed by atoms with Crippen molar-refractivity contribution in [2.24, 2.45) is 4.99 Å². The molecule has 1 amide bonds. The molecule has 0 fully saturated rings. The summed E-state index contributed by atoms with van der Waals surface area (Å²) in [5.41, 5.74) is 1.01. The van der Waals surface area contributed by atoms with E-state index in [9.17, 15) is 4.79 Å². The van der Waals surface area contributed by atoms with E-state index in [0.29, 0.717) is 30.7 Å². The highest BCUT2D eigenvalue weighted by Crippen LogP contribution is 2.22. The number of nitrogens with one attached hydrogen (secondary N) is 3. The number of ether oxygens (including phenoxy) is 2. The summed E-state index contributed by atoms with van der Waals surface area (Å²) in [6, 6.07) is 5.59. The first kappa shape index (κ1) is 23.7. The maximum atomic E-state index is 11.6. The fraction of sp³-hybridized carbons (Fsp3) is 0.500. The lowest BCUT2D eigenvalue weighted by molar-refractivity contribution is -0.120. The number of carbonyl (C=O) groups excluding carboxylic acids is 1. The standard InChI is InChI=1S/C16H25ClN4O3.HI/c1-18-16(21-11-15(22)19-8-9-23-2)20-7-6-12-4-5-13(24-3)10-14(12)17;/h4-5,10H,6-9,11H2,1-3H3,(H,19,22)(H2,18,20,21);1H. The van der Waals surface area contributed by atoms with Crippen LogP contribution in [0.15, 0.2) is 23.2 Å². The van der Waals surface area contributed by atoms with Gasteiger partial charge in [-0.1, -0.05) is 17.7 Å². The minimum atomic E-state index is -0.117. The van der Waals surface area contributed by atoms with Crippen LogP contribution in [0.4, 0.5) is 0 Å².